The molecule has 2 atom stereocenters. The Labute approximate surface area is 83.3 Å². The van der Waals surface area contributed by atoms with Gasteiger partial charge in [-0.15, -0.1) is 0 Å². The first-order valence-electron chi connectivity index (χ1n) is 4.04. The molecule has 0 aromatic heterocycles. The number of methoxy groups -OCH3 is 1. The van der Waals surface area contributed by atoms with Crippen LogP contribution in [0.4, 0.5) is 0 Å². The molecule has 0 fully saturated rings. The van der Waals surface area contributed by atoms with E-state index in [-0.39, 0.29) is 6.61 Å². The number of carboxylic acid groups (broad SMARTS) is 1. The highest BCUT2D eigenvalue weighted by atomic mass is 32.2. The van der Waals surface area contributed by atoms with Crippen molar-refractivity contribution in [2.75, 3.05) is 13.7 Å². The predicted octanol–water partition coefficient (Wildman–Crippen LogP) is -0.586. The third-order valence-electron chi connectivity index (χ3n) is 1.60. The highest BCUT2D eigenvalue weighted by Gasteiger charge is 2.28. The second-order valence-electron chi connectivity index (χ2n) is 3.00. The molecule has 0 aliphatic carbocycles. The maximum Gasteiger partial charge on any atom is 0.323 e. The van der Waals surface area contributed by atoms with Crippen molar-refractivity contribution in [2.45, 2.75) is 25.1 Å². The molecule has 0 aliphatic heterocycles. The van der Waals surface area contributed by atoms with E-state index in [2.05, 4.69) is 4.72 Å². The van der Waals surface area contributed by atoms with Crippen LogP contribution < -0.4 is 4.72 Å². The van der Waals surface area contributed by atoms with Crippen LogP contribution >= 0.6 is 0 Å². The Bertz CT molecular complexity index is 286. The Morgan fingerprint density at radius 3 is 2.36 bits per heavy atom. The van der Waals surface area contributed by atoms with Crippen molar-refractivity contribution in [3.8, 4) is 0 Å². The van der Waals surface area contributed by atoms with Crippen LogP contribution in [0.25, 0.3) is 0 Å². The summed E-state index contributed by atoms with van der Waals surface area (Å²) in [4.78, 5) is 10.4. The number of carbonyl (C=O) groups is 1. The fraction of sp³-hybridized carbons (Fsp3) is 0.857. The number of rotatable bonds is 6. The first-order valence-corrected chi connectivity index (χ1v) is 5.58. The number of nitrogens with one attached hydrogen (secondary N) is 1. The third-order valence-corrected chi connectivity index (χ3v) is 3.46. The number of hydrogen-bond donors (Lipinski definition) is 2. The van der Waals surface area contributed by atoms with Crippen molar-refractivity contribution in [3.05, 3.63) is 0 Å². The van der Waals surface area contributed by atoms with E-state index in [1.165, 1.54) is 7.11 Å². The normalized spacial score (nSPS) is 16.2. The quantitative estimate of drug-likeness (QED) is 0.630. The number of ether oxygens (including phenoxy) is 1. The summed E-state index contributed by atoms with van der Waals surface area (Å²) in [6, 6.07) is -0.438. The fourth-order valence-corrected chi connectivity index (χ4v) is 1.90. The lowest BCUT2D eigenvalue weighted by Gasteiger charge is -2.15. The third kappa shape index (κ3) is 4.03. The van der Waals surface area contributed by atoms with Crippen LogP contribution in [0.2, 0.25) is 0 Å². The van der Waals surface area contributed by atoms with Crippen molar-refractivity contribution in [1.29, 1.82) is 0 Å². The van der Waals surface area contributed by atoms with Crippen LogP contribution in [-0.2, 0) is 19.6 Å². The molecule has 0 saturated carbocycles. The van der Waals surface area contributed by atoms with Crippen LogP contribution in [0.5, 0.6) is 0 Å². The van der Waals surface area contributed by atoms with Crippen molar-refractivity contribution < 1.29 is 23.1 Å². The van der Waals surface area contributed by atoms with Gasteiger partial charge >= 0.3 is 5.97 Å². The minimum atomic E-state index is -3.81. The summed E-state index contributed by atoms with van der Waals surface area (Å²) < 4.78 is 29.5. The highest BCUT2D eigenvalue weighted by molar-refractivity contribution is 7.90. The maximum absolute atomic E-state index is 11.3. The van der Waals surface area contributed by atoms with E-state index in [0.717, 1.165) is 6.92 Å². The molecule has 6 nitrogen and oxygen atoms in total. The second kappa shape index (κ2) is 5.28. The highest BCUT2D eigenvalue weighted by Crippen LogP contribution is 2.00. The smallest absolute Gasteiger partial charge is 0.323 e. The SMILES string of the molecule is COCC(C)NS(=O)(=O)C(C)C(=O)O. The van der Waals surface area contributed by atoms with Gasteiger partial charge in [0.15, 0.2) is 5.25 Å². The second-order valence-corrected chi connectivity index (χ2v) is 5.03. The molecule has 0 rings (SSSR count). The summed E-state index contributed by atoms with van der Waals surface area (Å²) in [6.07, 6.45) is 0. The largest absolute Gasteiger partial charge is 0.480 e. The average Bonchev–Trinajstić information content (AvgIpc) is 2.02. The van der Waals surface area contributed by atoms with Gasteiger partial charge in [0, 0.05) is 13.2 Å². The molecule has 0 bridgehead atoms. The molecular weight excluding hydrogens is 210 g/mol. The zero-order valence-electron chi connectivity index (χ0n) is 8.35. The predicted molar refractivity (Wildman–Crippen MR) is 50.5 cm³/mol. The van der Waals surface area contributed by atoms with Gasteiger partial charge in [0.25, 0.3) is 0 Å². The lowest BCUT2D eigenvalue weighted by atomic mass is 10.4. The molecule has 0 radical (unpaired) electrons. The van der Waals surface area contributed by atoms with E-state index in [9.17, 15) is 13.2 Å². The van der Waals surface area contributed by atoms with Gasteiger partial charge in [-0.1, -0.05) is 0 Å². The Balaban J connectivity index is 4.42. The zero-order valence-corrected chi connectivity index (χ0v) is 9.17. The van der Waals surface area contributed by atoms with Gasteiger partial charge in [0.05, 0.1) is 6.61 Å². The van der Waals surface area contributed by atoms with Crippen LogP contribution in [0.15, 0.2) is 0 Å². The maximum atomic E-state index is 11.3. The number of aliphatic carboxylic acids is 1. The monoisotopic (exact) mass is 225 g/mol. The first kappa shape index (κ1) is 13.3. The fourth-order valence-electron chi connectivity index (χ4n) is 0.799. The van der Waals surface area contributed by atoms with Gasteiger partial charge in [-0.05, 0) is 13.8 Å². The van der Waals surface area contributed by atoms with Crippen LogP contribution in [0, 0.1) is 0 Å². The molecule has 0 saturated heterocycles. The van der Waals surface area contributed by atoms with Crippen molar-refractivity contribution in [3.63, 3.8) is 0 Å². The molecule has 2 unspecified atom stereocenters. The van der Waals surface area contributed by atoms with Crippen LogP contribution in [-0.4, -0.2) is 44.5 Å². The zero-order chi connectivity index (χ0) is 11.4. The Morgan fingerprint density at radius 2 is 2.00 bits per heavy atom. The van der Waals surface area contributed by atoms with Gasteiger partial charge < -0.3 is 9.84 Å². The summed E-state index contributed by atoms with van der Waals surface area (Å²) in [5.74, 6) is -1.37. The lowest BCUT2D eigenvalue weighted by Crippen LogP contribution is -2.43. The number of hydrogen-bond acceptors (Lipinski definition) is 4. The Hall–Kier alpha value is -0.660. The van der Waals surface area contributed by atoms with E-state index >= 15 is 0 Å². The molecule has 0 aromatic rings. The van der Waals surface area contributed by atoms with E-state index in [4.69, 9.17) is 9.84 Å². The average molecular weight is 225 g/mol. The minimum absolute atomic E-state index is 0.200. The molecule has 2 N–H and O–H groups in total. The van der Waals surface area contributed by atoms with Gasteiger partial charge in [0.1, 0.15) is 0 Å². The topological polar surface area (TPSA) is 92.7 Å². The van der Waals surface area contributed by atoms with Gasteiger partial charge in [-0.25, -0.2) is 13.1 Å². The van der Waals surface area contributed by atoms with Crippen molar-refractivity contribution in [1.82, 2.24) is 4.72 Å². The molecule has 0 aliphatic rings. The van der Waals surface area contributed by atoms with Gasteiger partial charge in [0.2, 0.25) is 10.0 Å². The molecule has 0 aromatic carbocycles. The Morgan fingerprint density at radius 1 is 1.50 bits per heavy atom. The molecular formula is C7H15NO5S. The van der Waals surface area contributed by atoms with Crippen LogP contribution in [0.1, 0.15) is 13.8 Å². The Kier molecular flexibility index (Phi) is 5.03. The molecule has 84 valence electrons. The van der Waals surface area contributed by atoms with E-state index in [1.54, 1.807) is 6.92 Å². The molecule has 14 heavy (non-hydrogen) atoms. The van der Waals surface area contributed by atoms with E-state index in [1.807, 2.05) is 0 Å². The van der Waals surface area contributed by atoms with Gasteiger partial charge in [-0.2, -0.15) is 0 Å². The number of sulfonamides is 1. The van der Waals surface area contributed by atoms with E-state index < -0.39 is 27.3 Å². The molecule has 7 heteroatoms. The first-order chi connectivity index (χ1) is 6.31. The molecule has 0 spiro atoms. The number of carboxylic acids is 1. The van der Waals surface area contributed by atoms with Crippen molar-refractivity contribution in [2.24, 2.45) is 0 Å². The molecule has 0 heterocycles. The van der Waals surface area contributed by atoms with Gasteiger partial charge in [-0.3, -0.25) is 4.79 Å². The summed E-state index contributed by atoms with van der Waals surface area (Å²) in [5.41, 5.74) is 0. The standard InChI is InChI=1S/C7H15NO5S/c1-5(4-13-3)8-14(11,12)6(2)7(9)10/h5-6,8H,4H2,1-3H3,(H,9,10). The van der Waals surface area contributed by atoms with Crippen LogP contribution in [0.3, 0.4) is 0 Å². The van der Waals surface area contributed by atoms with Crippen molar-refractivity contribution >= 4 is 16.0 Å². The summed E-state index contributed by atoms with van der Waals surface area (Å²) in [5, 5.41) is 7.05. The summed E-state index contributed by atoms with van der Waals surface area (Å²) >= 11 is 0. The minimum Gasteiger partial charge on any atom is -0.480 e. The molecule has 0 amide bonds. The lowest BCUT2D eigenvalue weighted by molar-refractivity contribution is -0.136. The summed E-state index contributed by atoms with van der Waals surface area (Å²) in [6.45, 7) is 2.91. The van der Waals surface area contributed by atoms with E-state index in [0.29, 0.717) is 0 Å². The summed E-state index contributed by atoms with van der Waals surface area (Å²) in [7, 11) is -2.37.